The van der Waals surface area contributed by atoms with Crippen LogP contribution in [0.3, 0.4) is 0 Å². The van der Waals surface area contributed by atoms with Gasteiger partial charge in [0.25, 0.3) is 5.91 Å². The average molecular weight is 538 g/mol. The van der Waals surface area contributed by atoms with Crippen LogP contribution in [-0.2, 0) is 25.2 Å². The summed E-state index contributed by atoms with van der Waals surface area (Å²) in [4.78, 5) is 24.9. The Hall–Kier alpha value is -2.58. The highest BCUT2D eigenvalue weighted by Gasteiger charge is 2.69. The van der Waals surface area contributed by atoms with Crippen LogP contribution in [-0.4, -0.2) is 59.3 Å². The molecule has 37 heavy (non-hydrogen) atoms. The zero-order valence-electron chi connectivity index (χ0n) is 19.2. The maximum atomic E-state index is 12.9. The van der Waals surface area contributed by atoms with E-state index in [0.717, 1.165) is 18.2 Å². The molecule has 8 nitrogen and oxygen atoms in total. The normalized spacial score (nSPS) is 34.1. The minimum absolute atomic E-state index is 0.0102. The molecule has 0 radical (unpaired) electrons. The van der Waals surface area contributed by atoms with E-state index in [-0.39, 0.29) is 37.2 Å². The largest absolute Gasteiger partial charge is 0.522 e. The number of nitrogens with one attached hydrogen (secondary N) is 2. The summed E-state index contributed by atoms with van der Waals surface area (Å²) in [5.74, 6) is -0.905. The highest BCUT2D eigenvalue weighted by molar-refractivity contribution is 5.84. The van der Waals surface area contributed by atoms with E-state index in [0.29, 0.717) is 19.3 Å². The summed E-state index contributed by atoms with van der Waals surface area (Å²) in [5, 5.41) is 16.0. The van der Waals surface area contributed by atoms with Gasteiger partial charge in [0.05, 0.1) is 23.9 Å². The summed E-state index contributed by atoms with van der Waals surface area (Å²) in [5.41, 5.74) is -1.99. The molecule has 5 aliphatic rings. The number of carbonyl (C=O) groups excluding carboxylic acids is 2. The van der Waals surface area contributed by atoms with E-state index in [1.807, 2.05) is 0 Å². The molecule has 0 spiro atoms. The number of amides is 2. The van der Waals surface area contributed by atoms with Gasteiger partial charge in [-0.15, -0.1) is 13.2 Å². The Labute approximate surface area is 206 Å². The lowest BCUT2D eigenvalue weighted by Crippen LogP contribution is -2.84. The molecule has 2 bridgehead atoms. The van der Waals surface area contributed by atoms with Crippen molar-refractivity contribution in [1.82, 2.24) is 10.6 Å². The molecule has 2 amide bonds. The third-order valence-electron chi connectivity index (χ3n) is 7.32. The molecule has 4 aliphatic carbocycles. The Bertz CT molecular complexity index is 1070. The van der Waals surface area contributed by atoms with Crippen LogP contribution in [0.2, 0.25) is 0 Å². The molecule has 6 rings (SSSR count). The third kappa shape index (κ3) is 5.36. The summed E-state index contributed by atoms with van der Waals surface area (Å²) in [6.07, 6.45) is -11.8. The van der Waals surface area contributed by atoms with Crippen molar-refractivity contribution < 1.29 is 55.2 Å². The first-order chi connectivity index (χ1) is 17.1. The first-order valence-electron chi connectivity index (χ1n) is 11.7. The topological polar surface area (TPSA) is 106 Å². The summed E-state index contributed by atoms with van der Waals surface area (Å²) in [6.45, 7) is -0.298. The number of ether oxygens (including phenoxy) is 3. The molecule has 4 saturated carbocycles. The fourth-order valence-corrected chi connectivity index (χ4v) is 5.64. The lowest BCUT2D eigenvalue weighted by Gasteiger charge is -2.70. The van der Waals surface area contributed by atoms with Gasteiger partial charge in [-0.05, 0) is 37.5 Å². The maximum Gasteiger partial charge on any atom is 0.522 e. The van der Waals surface area contributed by atoms with Gasteiger partial charge in [0, 0.05) is 35.9 Å². The molecule has 204 valence electrons. The van der Waals surface area contributed by atoms with Crippen LogP contribution in [0.25, 0.3) is 0 Å². The van der Waals surface area contributed by atoms with Crippen molar-refractivity contribution in [2.45, 2.75) is 86.6 Å². The quantitative estimate of drug-likeness (QED) is 0.462. The Morgan fingerprint density at radius 2 is 1.65 bits per heavy atom. The van der Waals surface area contributed by atoms with Gasteiger partial charge in [0.15, 0.2) is 6.10 Å². The smallest absolute Gasteiger partial charge is 0.480 e. The lowest BCUT2D eigenvalue weighted by atomic mass is 9.44. The van der Waals surface area contributed by atoms with Crippen molar-refractivity contribution in [3.63, 3.8) is 0 Å². The number of aliphatic hydroxyl groups is 1. The number of hydrogen-bond donors (Lipinski definition) is 3. The SMILES string of the molecule is O=C(COC1CC(OC(F)(F)F)C1)NC12CC(NC(=O)[C@H]3C[C@@H](O)c4cc(C(F)(F)F)ccc4O3)(C1)C2. The Morgan fingerprint density at radius 1 is 1.00 bits per heavy atom. The molecule has 2 atom stereocenters. The van der Waals surface area contributed by atoms with Gasteiger partial charge in [-0.1, -0.05) is 0 Å². The van der Waals surface area contributed by atoms with Crippen LogP contribution >= 0.6 is 0 Å². The van der Waals surface area contributed by atoms with E-state index in [4.69, 9.17) is 9.47 Å². The minimum atomic E-state index is -4.70. The molecule has 1 aromatic carbocycles. The number of rotatable bonds is 7. The molecule has 3 N–H and O–H groups in total. The second kappa shape index (κ2) is 8.73. The van der Waals surface area contributed by atoms with Crippen molar-refractivity contribution >= 4 is 11.8 Å². The fourth-order valence-electron chi connectivity index (χ4n) is 5.64. The monoisotopic (exact) mass is 538 g/mol. The Kier molecular flexibility index (Phi) is 6.15. The number of hydrogen-bond acceptors (Lipinski definition) is 6. The van der Waals surface area contributed by atoms with Gasteiger partial charge in [-0.2, -0.15) is 13.2 Å². The summed E-state index contributed by atoms with van der Waals surface area (Å²) >= 11 is 0. The van der Waals surface area contributed by atoms with Gasteiger partial charge in [-0.3, -0.25) is 14.3 Å². The van der Waals surface area contributed by atoms with E-state index in [1.54, 1.807) is 0 Å². The van der Waals surface area contributed by atoms with E-state index < -0.39 is 65.4 Å². The van der Waals surface area contributed by atoms with E-state index >= 15 is 0 Å². The van der Waals surface area contributed by atoms with Crippen molar-refractivity contribution in [2.75, 3.05) is 6.61 Å². The molecular weight excluding hydrogens is 514 g/mol. The first kappa shape index (κ1) is 26.0. The van der Waals surface area contributed by atoms with Crippen molar-refractivity contribution in [3.8, 4) is 5.75 Å². The Balaban J connectivity index is 1.04. The predicted octanol–water partition coefficient (Wildman–Crippen LogP) is 2.88. The molecule has 0 unspecified atom stereocenters. The van der Waals surface area contributed by atoms with Gasteiger partial charge >= 0.3 is 12.5 Å². The van der Waals surface area contributed by atoms with Crippen LogP contribution in [0.4, 0.5) is 26.3 Å². The van der Waals surface area contributed by atoms with E-state index in [2.05, 4.69) is 15.4 Å². The standard InChI is InChI=1S/C23H24F6N2O6/c24-22(25,26)11-1-2-16-14(3-11)15(32)6-17(36-16)19(34)31-21-8-20(9-21,10-21)30-18(33)7-35-12-4-13(5-12)37-23(27,28)29/h1-3,12-13,15,17,32H,4-10H2,(H,30,33)(H,31,34)/t12?,13?,15-,17-,20?,21?/m1/s1. The first-order valence-corrected chi connectivity index (χ1v) is 11.7. The number of fused-ring (bicyclic) bond motifs is 1. The molecule has 14 heteroatoms. The van der Waals surface area contributed by atoms with Crippen molar-refractivity contribution in [3.05, 3.63) is 29.3 Å². The van der Waals surface area contributed by atoms with Crippen LogP contribution in [0, 0.1) is 0 Å². The highest BCUT2D eigenvalue weighted by Crippen LogP contribution is 2.60. The number of halogens is 6. The molecule has 1 aliphatic heterocycles. The summed E-state index contributed by atoms with van der Waals surface area (Å²) in [7, 11) is 0. The second-order valence-electron chi connectivity index (χ2n) is 10.3. The lowest BCUT2D eigenvalue weighted by molar-refractivity contribution is -0.357. The number of aliphatic hydroxyl groups excluding tert-OH is 1. The van der Waals surface area contributed by atoms with Crippen molar-refractivity contribution in [1.29, 1.82) is 0 Å². The summed E-state index contributed by atoms with van der Waals surface area (Å²) in [6, 6.07) is 2.72. The van der Waals surface area contributed by atoms with Gasteiger partial charge < -0.3 is 25.2 Å². The zero-order chi connectivity index (χ0) is 26.8. The van der Waals surface area contributed by atoms with E-state index in [9.17, 15) is 41.0 Å². The minimum Gasteiger partial charge on any atom is -0.480 e. The Morgan fingerprint density at radius 3 is 2.27 bits per heavy atom. The molecule has 0 saturated heterocycles. The average Bonchev–Trinajstić information content (AvgIpc) is 2.70. The molecule has 1 aromatic rings. The predicted molar refractivity (Wildman–Crippen MR) is 111 cm³/mol. The van der Waals surface area contributed by atoms with Gasteiger partial charge in [-0.25, -0.2) is 0 Å². The maximum absolute atomic E-state index is 12.9. The zero-order valence-corrected chi connectivity index (χ0v) is 19.2. The molecule has 4 fully saturated rings. The number of benzene rings is 1. The van der Waals surface area contributed by atoms with Crippen LogP contribution in [0.1, 0.15) is 55.8 Å². The highest BCUT2D eigenvalue weighted by atomic mass is 19.4. The summed E-state index contributed by atoms with van der Waals surface area (Å²) < 4.78 is 90.0. The van der Waals surface area contributed by atoms with Crippen LogP contribution in [0.15, 0.2) is 18.2 Å². The second-order valence-corrected chi connectivity index (χ2v) is 10.3. The van der Waals surface area contributed by atoms with Crippen LogP contribution in [0.5, 0.6) is 5.75 Å². The number of alkyl halides is 6. The molecular formula is C23H24F6N2O6. The molecule has 1 heterocycles. The van der Waals surface area contributed by atoms with E-state index in [1.165, 1.54) is 0 Å². The van der Waals surface area contributed by atoms with Crippen molar-refractivity contribution in [2.24, 2.45) is 0 Å². The van der Waals surface area contributed by atoms with Crippen LogP contribution < -0.4 is 15.4 Å². The third-order valence-corrected chi connectivity index (χ3v) is 7.32. The fraction of sp³-hybridized carbons (Fsp3) is 0.652. The van der Waals surface area contributed by atoms with Gasteiger partial charge in [0.2, 0.25) is 5.91 Å². The molecule has 0 aromatic heterocycles. The van der Waals surface area contributed by atoms with Gasteiger partial charge in [0.1, 0.15) is 12.4 Å². The number of carbonyl (C=O) groups is 2.